The molecule has 2 N–H and O–H groups in total. The summed E-state index contributed by atoms with van der Waals surface area (Å²) in [6, 6.07) is 12.1. The van der Waals surface area contributed by atoms with Gasteiger partial charge < -0.3 is 24.1 Å². The molecule has 0 unspecified atom stereocenters. The zero-order chi connectivity index (χ0) is 19.7. The second-order valence-corrected chi connectivity index (χ2v) is 5.95. The molecule has 8 heteroatoms. The minimum absolute atomic E-state index is 0.0737. The summed E-state index contributed by atoms with van der Waals surface area (Å²) < 4.78 is 16.1. The number of rotatable bonds is 5. The van der Waals surface area contributed by atoms with E-state index < -0.39 is 5.56 Å². The van der Waals surface area contributed by atoms with Gasteiger partial charge in [-0.05, 0) is 37.3 Å². The number of nitrogens with one attached hydrogen (secondary N) is 1. The SMILES string of the molecule is CCOc1ccc(-c2noc(-c3c(O)c4ccccc4[nH]c3=O)n2)cc1OC. The van der Waals surface area contributed by atoms with Crippen LogP contribution in [0.1, 0.15) is 6.92 Å². The van der Waals surface area contributed by atoms with Crippen LogP contribution >= 0.6 is 0 Å². The lowest BCUT2D eigenvalue weighted by Gasteiger charge is -2.09. The maximum Gasteiger partial charge on any atom is 0.267 e. The molecule has 142 valence electrons. The third-order valence-electron chi connectivity index (χ3n) is 4.26. The maximum absolute atomic E-state index is 12.4. The third kappa shape index (κ3) is 2.94. The highest BCUT2D eigenvalue weighted by Crippen LogP contribution is 2.34. The van der Waals surface area contributed by atoms with Gasteiger partial charge in [0.1, 0.15) is 11.3 Å². The van der Waals surface area contributed by atoms with Crippen molar-refractivity contribution in [3.63, 3.8) is 0 Å². The molecule has 4 aromatic rings. The number of benzene rings is 2. The molecule has 28 heavy (non-hydrogen) atoms. The Kier molecular flexibility index (Phi) is 4.44. The van der Waals surface area contributed by atoms with E-state index in [1.54, 1.807) is 42.5 Å². The van der Waals surface area contributed by atoms with Crippen LogP contribution in [0, 0.1) is 0 Å². The van der Waals surface area contributed by atoms with Crippen molar-refractivity contribution in [3.8, 4) is 40.1 Å². The number of nitrogens with zero attached hydrogens (tertiary/aromatic N) is 2. The zero-order valence-electron chi connectivity index (χ0n) is 15.2. The van der Waals surface area contributed by atoms with E-state index in [4.69, 9.17) is 14.0 Å². The second-order valence-electron chi connectivity index (χ2n) is 5.95. The number of fused-ring (bicyclic) bond motifs is 1. The van der Waals surface area contributed by atoms with E-state index in [2.05, 4.69) is 15.1 Å². The van der Waals surface area contributed by atoms with E-state index in [1.807, 2.05) is 6.92 Å². The van der Waals surface area contributed by atoms with Gasteiger partial charge in [-0.15, -0.1) is 0 Å². The van der Waals surface area contributed by atoms with Crippen LogP contribution in [0.4, 0.5) is 0 Å². The van der Waals surface area contributed by atoms with Crippen LogP contribution in [-0.4, -0.2) is 33.9 Å². The number of aromatic nitrogens is 3. The van der Waals surface area contributed by atoms with Gasteiger partial charge in [-0.25, -0.2) is 0 Å². The van der Waals surface area contributed by atoms with Gasteiger partial charge >= 0.3 is 0 Å². The van der Waals surface area contributed by atoms with Crippen LogP contribution in [0.25, 0.3) is 33.7 Å². The molecule has 0 saturated heterocycles. The summed E-state index contributed by atoms with van der Waals surface area (Å²) in [4.78, 5) is 19.4. The molecular formula is C20H17N3O5. The quantitative estimate of drug-likeness (QED) is 0.547. The van der Waals surface area contributed by atoms with Gasteiger partial charge in [0, 0.05) is 10.9 Å². The van der Waals surface area contributed by atoms with Gasteiger partial charge in [-0.1, -0.05) is 17.3 Å². The smallest absolute Gasteiger partial charge is 0.267 e. The first-order chi connectivity index (χ1) is 13.6. The van der Waals surface area contributed by atoms with E-state index in [1.165, 1.54) is 7.11 Å². The number of methoxy groups -OCH3 is 1. The molecule has 0 spiro atoms. The molecular weight excluding hydrogens is 362 g/mol. The number of aromatic hydroxyl groups is 1. The number of ether oxygens (including phenoxy) is 2. The summed E-state index contributed by atoms with van der Waals surface area (Å²) in [7, 11) is 1.54. The van der Waals surface area contributed by atoms with E-state index in [0.29, 0.717) is 34.6 Å². The molecule has 0 amide bonds. The van der Waals surface area contributed by atoms with Crippen LogP contribution < -0.4 is 15.0 Å². The highest BCUT2D eigenvalue weighted by Gasteiger charge is 2.21. The predicted octanol–water partition coefficient (Wildman–Crippen LogP) is 3.36. The molecule has 2 aromatic heterocycles. The summed E-state index contributed by atoms with van der Waals surface area (Å²) in [6.45, 7) is 2.39. The molecule has 0 radical (unpaired) electrons. The maximum atomic E-state index is 12.4. The van der Waals surface area contributed by atoms with Crippen LogP contribution in [0.15, 0.2) is 51.8 Å². The minimum atomic E-state index is -0.518. The van der Waals surface area contributed by atoms with Gasteiger partial charge in [0.15, 0.2) is 11.5 Å². The Labute approximate surface area is 159 Å². The highest BCUT2D eigenvalue weighted by molar-refractivity contribution is 5.90. The van der Waals surface area contributed by atoms with Crippen molar-refractivity contribution >= 4 is 10.9 Å². The van der Waals surface area contributed by atoms with Crippen LogP contribution in [0.5, 0.6) is 17.2 Å². The van der Waals surface area contributed by atoms with Crippen molar-refractivity contribution in [2.75, 3.05) is 13.7 Å². The number of hydrogen-bond donors (Lipinski definition) is 2. The Balaban J connectivity index is 1.79. The summed E-state index contributed by atoms with van der Waals surface area (Å²) in [5.41, 5.74) is 0.544. The number of para-hydroxylation sites is 1. The van der Waals surface area contributed by atoms with Gasteiger partial charge in [-0.2, -0.15) is 4.98 Å². The Hall–Kier alpha value is -3.81. The van der Waals surface area contributed by atoms with Gasteiger partial charge in [0.05, 0.1) is 19.2 Å². The average molecular weight is 379 g/mol. The molecule has 8 nitrogen and oxygen atoms in total. The zero-order valence-corrected chi connectivity index (χ0v) is 15.2. The average Bonchev–Trinajstić information content (AvgIpc) is 3.18. The van der Waals surface area contributed by atoms with Gasteiger partial charge in [-0.3, -0.25) is 4.79 Å². The topological polar surface area (TPSA) is 110 Å². The molecule has 2 aromatic carbocycles. The van der Waals surface area contributed by atoms with Crippen LogP contribution in [0.2, 0.25) is 0 Å². The first-order valence-corrected chi connectivity index (χ1v) is 8.61. The molecule has 0 saturated carbocycles. The molecule has 0 aliphatic carbocycles. The number of pyridine rings is 1. The van der Waals surface area contributed by atoms with Gasteiger partial charge in [0.2, 0.25) is 5.82 Å². The van der Waals surface area contributed by atoms with Crippen molar-refractivity contribution in [2.24, 2.45) is 0 Å². The van der Waals surface area contributed by atoms with E-state index in [-0.39, 0.29) is 23.0 Å². The van der Waals surface area contributed by atoms with E-state index in [9.17, 15) is 9.90 Å². The lowest BCUT2D eigenvalue weighted by Crippen LogP contribution is -2.09. The third-order valence-corrected chi connectivity index (χ3v) is 4.26. The lowest BCUT2D eigenvalue weighted by atomic mass is 10.1. The summed E-state index contributed by atoms with van der Waals surface area (Å²) >= 11 is 0. The molecule has 2 heterocycles. The molecule has 0 fully saturated rings. The van der Waals surface area contributed by atoms with Crippen molar-refractivity contribution < 1.29 is 19.1 Å². The van der Waals surface area contributed by atoms with Gasteiger partial charge in [0.25, 0.3) is 11.4 Å². The van der Waals surface area contributed by atoms with Crippen LogP contribution in [-0.2, 0) is 0 Å². The number of aromatic amines is 1. The standard InChI is InChI=1S/C20H17N3O5/c1-3-27-14-9-8-11(10-15(14)26-2)18-22-20(28-23-18)16-17(24)12-6-4-5-7-13(12)21-19(16)25/h4-10H,3H2,1-2H3,(H2,21,24,25). The molecule has 0 bridgehead atoms. The lowest BCUT2D eigenvalue weighted by molar-refractivity contribution is 0.311. The van der Waals surface area contributed by atoms with Crippen molar-refractivity contribution in [3.05, 3.63) is 52.8 Å². The Morgan fingerprint density at radius 1 is 1.18 bits per heavy atom. The fourth-order valence-electron chi connectivity index (χ4n) is 2.95. The minimum Gasteiger partial charge on any atom is -0.506 e. The van der Waals surface area contributed by atoms with E-state index >= 15 is 0 Å². The fraction of sp³-hybridized carbons (Fsp3) is 0.150. The Bertz CT molecular complexity index is 1210. The summed E-state index contributed by atoms with van der Waals surface area (Å²) in [6.07, 6.45) is 0. The summed E-state index contributed by atoms with van der Waals surface area (Å²) in [5.74, 6) is 1.09. The normalized spacial score (nSPS) is 10.9. The largest absolute Gasteiger partial charge is 0.506 e. The second kappa shape index (κ2) is 7.07. The Morgan fingerprint density at radius 3 is 2.79 bits per heavy atom. The summed E-state index contributed by atoms with van der Waals surface area (Å²) in [5, 5.41) is 15.0. The van der Waals surface area contributed by atoms with E-state index in [0.717, 1.165) is 0 Å². The fourth-order valence-corrected chi connectivity index (χ4v) is 2.95. The predicted molar refractivity (Wildman–Crippen MR) is 103 cm³/mol. The number of hydrogen-bond acceptors (Lipinski definition) is 7. The highest BCUT2D eigenvalue weighted by atomic mass is 16.5. The number of H-pyrrole nitrogens is 1. The van der Waals surface area contributed by atoms with Crippen molar-refractivity contribution in [2.45, 2.75) is 6.92 Å². The van der Waals surface area contributed by atoms with Crippen molar-refractivity contribution in [1.82, 2.24) is 15.1 Å². The first kappa shape index (κ1) is 17.6. The van der Waals surface area contributed by atoms with Crippen molar-refractivity contribution in [1.29, 1.82) is 0 Å². The molecule has 0 aliphatic rings. The molecule has 4 rings (SSSR count). The Morgan fingerprint density at radius 2 is 2.00 bits per heavy atom. The van der Waals surface area contributed by atoms with Crippen LogP contribution in [0.3, 0.4) is 0 Å². The molecule has 0 atom stereocenters. The molecule has 0 aliphatic heterocycles. The monoisotopic (exact) mass is 379 g/mol. The first-order valence-electron chi connectivity index (χ1n) is 8.61.